The van der Waals surface area contributed by atoms with Crippen LogP contribution in [0.25, 0.3) is 6.08 Å². The Bertz CT molecular complexity index is 757. The highest BCUT2D eigenvalue weighted by Crippen LogP contribution is 2.29. The molecule has 0 aliphatic carbocycles. The van der Waals surface area contributed by atoms with E-state index >= 15 is 0 Å². The number of ether oxygens (including phenoxy) is 1. The highest BCUT2D eigenvalue weighted by atomic mass is 16.5. The molecule has 0 bridgehead atoms. The summed E-state index contributed by atoms with van der Waals surface area (Å²) in [4.78, 5) is 23.5. The standard InChI is InChI=1S/C18H14O3/c1-12(19)6-7-13-8-9-16-17(10-13)21-11-14-4-2-3-5-15(14)18(16)20/h2-10H,11H2,1H3/b7-6+. The number of benzene rings is 2. The first-order valence-electron chi connectivity index (χ1n) is 6.73. The zero-order chi connectivity index (χ0) is 14.8. The highest BCUT2D eigenvalue weighted by molar-refractivity contribution is 6.12. The van der Waals surface area contributed by atoms with E-state index in [0.717, 1.165) is 11.1 Å². The van der Waals surface area contributed by atoms with E-state index in [1.807, 2.05) is 30.3 Å². The molecule has 21 heavy (non-hydrogen) atoms. The molecule has 104 valence electrons. The lowest BCUT2D eigenvalue weighted by atomic mass is 9.98. The summed E-state index contributed by atoms with van der Waals surface area (Å²) in [6.07, 6.45) is 3.21. The van der Waals surface area contributed by atoms with Gasteiger partial charge in [0.1, 0.15) is 12.4 Å². The number of hydrogen-bond donors (Lipinski definition) is 0. The van der Waals surface area contributed by atoms with Crippen LogP contribution in [0.15, 0.2) is 48.5 Å². The molecule has 1 aliphatic rings. The second kappa shape index (κ2) is 5.37. The zero-order valence-electron chi connectivity index (χ0n) is 11.6. The predicted molar refractivity (Wildman–Crippen MR) is 80.4 cm³/mol. The van der Waals surface area contributed by atoms with Crippen LogP contribution in [0.3, 0.4) is 0 Å². The Labute approximate surface area is 122 Å². The lowest BCUT2D eigenvalue weighted by Gasteiger charge is -2.06. The van der Waals surface area contributed by atoms with Crippen molar-refractivity contribution in [2.24, 2.45) is 0 Å². The number of allylic oxidation sites excluding steroid dienone is 1. The summed E-state index contributed by atoms with van der Waals surface area (Å²) in [7, 11) is 0. The molecule has 0 spiro atoms. The first kappa shape index (κ1) is 13.3. The first-order chi connectivity index (χ1) is 10.1. The third-order valence-electron chi connectivity index (χ3n) is 3.41. The van der Waals surface area contributed by atoms with Crippen LogP contribution in [0.4, 0.5) is 0 Å². The Hall–Kier alpha value is -2.68. The Morgan fingerprint density at radius 3 is 2.76 bits per heavy atom. The molecule has 0 radical (unpaired) electrons. The molecule has 3 nitrogen and oxygen atoms in total. The predicted octanol–water partition coefficient (Wildman–Crippen LogP) is 3.41. The van der Waals surface area contributed by atoms with Crippen LogP contribution < -0.4 is 4.74 Å². The molecule has 0 amide bonds. The van der Waals surface area contributed by atoms with Crippen LogP contribution in [0.5, 0.6) is 5.75 Å². The van der Waals surface area contributed by atoms with Gasteiger partial charge in [-0.1, -0.05) is 36.4 Å². The number of carbonyl (C=O) groups excluding carboxylic acids is 2. The van der Waals surface area contributed by atoms with Gasteiger partial charge in [0.05, 0.1) is 5.56 Å². The van der Waals surface area contributed by atoms with Crippen LogP contribution in [0, 0.1) is 0 Å². The van der Waals surface area contributed by atoms with Crippen molar-refractivity contribution in [1.29, 1.82) is 0 Å². The van der Waals surface area contributed by atoms with E-state index < -0.39 is 0 Å². The molecule has 0 saturated carbocycles. The molecular weight excluding hydrogens is 264 g/mol. The van der Waals surface area contributed by atoms with Gasteiger partial charge in [0, 0.05) is 11.1 Å². The van der Waals surface area contributed by atoms with Crippen molar-refractivity contribution in [2.75, 3.05) is 0 Å². The third kappa shape index (κ3) is 2.63. The third-order valence-corrected chi connectivity index (χ3v) is 3.41. The fourth-order valence-electron chi connectivity index (χ4n) is 2.33. The van der Waals surface area contributed by atoms with Gasteiger partial charge in [-0.15, -0.1) is 0 Å². The molecule has 2 aromatic carbocycles. The van der Waals surface area contributed by atoms with Crippen LogP contribution in [0.2, 0.25) is 0 Å². The molecule has 1 aliphatic heterocycles. The zero-order valence-corrected chi connectivity index (χ0v) is 11.6. The van der Waals surface area contributed by atoms with E-state index in [2.05, 4.69) is 0 Å². The minimum Gasteiger partial charge on any atom is -0.488 e. The molecule has 0 aromatic heterocycles. The van der Waals surface area contributed by atoms with Crippen molar-refractivity contribution in [3.63, 3.8) is 0 Å². The lowest BCUT2D eigenvalue weighted by Crippen LogP contribution is -2.02. The van der Waals surface area contributed by atoms with Gasteiger partial charge in [-0.05, 0) is 30.7 Å². The van der Waals surface area contributed by atoms with Crippen molar-refractivity contribution in [2.45, 2.75) is 13.5 Å². The fourth-order valence-corrected chi connectivity index (χ4v) is 2.33. The molecule has 0 saturated heterocycles. The number of hydrogen-bond acceptors (Lipinski definition) is 3. The number of rotatable bonds is 2. The largest absolute Gasteiger partial charge is 0.488 e. The average Bonchev–Trinajstić information content (AvgIpc) is 2.63. The molecule has 3 rings (SSSR count). The molecular formula is C18H14O3. The topological polar surface area (TPSA) is 43.4 Å². The maximum Gasteiger partial charge on any atom is 0.197 e. The van der Waals surface area contributed by atoms with Gasteiger partial charge < -0.3 is 4.74 Å². The fraction of sp³-hybridized carbons (Fsp3) is 0.111. The Kier molecular flexibility index (Phi) is 3.40. The van der Waals surface area contributed by atoms with Gasteiger partial charge in [-0.3, -0.25) is 9.59 Å². The summed E-state index contributed by atoms with van der Waals surface area (Å²) in [5.74, 6) is 0.511. The number of fused-ring (bicyclic) bond motifs is 2. The van der Waals surface area contributed by atoms with Gasteiger partial charge in [0.2, 0.25) is 0 Å². The molecule has 0 atom stereocenters. The highest BCUT2D eigenvalue weighted by Gasteiger charge is 2.21. The van der Waals surface area contributed by atoms with E-state index in [9.17, 15) is 9.59 Å². The summed E-state index contributed by atoms with van der Waals surface area (Å²) < 4.78 is 5.75. The van der Waals surface area contributed by atoms with Crippen molar-refractivity contribution >= 4 is 17.6 Å². The Morgan fingerprint density at radius 1 is 1.14 bits per heavy atom. The van der Waals surface area contributed by atoms with Gasteiger partial charge in [0.15, 0.2) is 11.6 Å². The van der Waals surface area contributed by atoms with Gasteiger partial charge in [-0.25, -0.2) is 0 Å². The van der Waals surface area contributed by atoms with Crippen molar-refractivity contribution < 1.29 is 14.3 Å². The quantitative estimate of drug-likeness (QED) is 0.791. The SMILES string of the molecule is CC(=O)/C=C/c1ccc2c(c1)OCc1ccccc1C2=O. The summed E-state index contributed by atoms with van der Waals surface area (Å²) >= 11 is 0. The summed E-state index contributed by atoms with van der Waals surface area (Å²) in [5.41, 5.74) is 2.96. The number of carbonyl (C=O) groups is 2. The minimum atomic E-state index is -0.0276. The van der Waals surface area contributed by atoms with E-state index in [4.69, 9.17) is 4.74 Å². The second-order valence-electron chi connectivity index (χ2n) is 4.97. The average molecular weight is 278 g/mol. The maximum atomic E-state index is 12.6. The van der Waals surface area contributed by atoms with Gasteiger partial charge in [0.25, 0.3) is 0 Å². The minimum absolute atomic E-state index is 0.0191. The molecule has 0 N–H and O–H groups in total. The molecule has 3 heteroatoms. The second-order valence-corrected chi connectivity index (χ2v) is 4.97. The van der Waals surface area contributed by atoms with Gasteiger partial charge >= 0.3 is 0 Å². The lowest BCUT2D eigenvalue weighted by molar-refractivity contribution is -0.112. The van der Waals surface area contributed by atoms with Crippen LogP contribution in [-0.2, 0) is 11.4 Å². The van der Waals surface area contributed by atoms with E-state index in [1.54, 1.807) is 18.2 Å². The normalized spacial score (nSPS) is 13.3. The number of ketones is 2. The Morgan fingerprint density at radius 2 is 1.95 bits per heavy atom. The molecule has 0 unspecified atom stereocenters. The van der Waals surface area contributed by atoms with Gasteiger partial charge in [-0.2, -0.15) is 0 Å². The van der Waals surface area contributed by atoms with Crippen LogP contribution >= 0.6 is 0 Å². The van der Waals surface area contributed by atoms with E-state index in [-0.39, 0.29) is 11.6 Å². The van der Waals surface area contributed by atoms with Crippen molar-refractivity contribution in [1.82, 2.24) is 0 Å². The first-order valence-corrected chi connectivity index (χ1v) is 6.73. The summed E-state index contributed by atoms with van der Waals surface area (Å²) in [5, 5.41) is 0. The molecule has 2 aromatic rings. The van der Waals surface area contributed by atoms with E-state index in [1.165, 1.54) is 13.0 Å². The van der Waals surface area contributed by atoms with E-state index in [0.29, 0.717) is 23.5 Å². The summed E-state index contributed by atoms with van der Waals surface area (Å²) in [6, 6.07) is 12.8. The molecule has 0 fully saturated rings. The monoisotopic (exact) mass is 278 g/mol. The maximum absolute atomic E-state index is 12.6. The Balaban J connectivity index is 2.03. The van der Waals surface area contributed by atoms with Crippen molar-refractivity contribution in [3.8, 4) is 5.75 Å². The van der Waals surface area contributed by atoms with Crippen molar-refractivity contribution in [3.05, 3.63) is 70.8 Å². The van der Waals surface area contributed by atoms with Crippen LogP contribution in [-0.4, -0.2) is 11.6 Å². The van der Waals surface area contributed by atoms with Crippen LogP contribution in [0.1, 0.15) is 34.0 Å². The molecule has 1 heterocycles. The smallest absolute Gasteiger partial charge is 0.197 e. The summed E-state index contributed by atoms with van der Waals surface area (Å²) in [6.45, 7) is 1.87.